The van der Waals surface area contributed by atoms with Gasteiger partial charge in [-0.3, -0.25) is 5.43 Å². The average molecular weight is 245 g/mol. The summed E-state index contributed by atoms with van der Waals surface area (Å²) in [5.41, 5.74) is 2.28. The number of rotatable bonds is 6. The second-order valence-corrected chi connectivity index (χ2v) is 4.35. The number of nitrogens with one attached hydrogen (secondary N) is 2. The summed E-state index contributed by atoms with van der Waals surface area (Å²) in [5, 5.41) is 2.98. The van der Waals surface area contributed by atoms with Crippen molar-refractivity contribution >= 4 is 23.5 Å². The lowest BCUT2D eigenvalue weighted by Gasteiger charge is -2.14. The molecule has 4 N–H and O–H groups in total. The number of hydrogen-bond donors (Lipinski definition) is 3. The Morgan fingerprint density at radius 2 is 2.38 bits per heavy atom. The molecule has 1 rings (SSSR count). The van der Waals surface area contributed by atoms with Crippen LogP contribution < -0.4 is 16.6 Å². The zero-order valence-corrected chi connectivity index (χ0v) is 10.1. The molecule has 1 heterocycles. The number of halogens is 1. The van der Waals surface area contributed by atoms with Crippen molar-refractivity contribution in [2.45, 2.75) is 19.4 Å². The first kappa shape index (κ1) is 13.0. The van der Waals surface area contributed by atoms with Crippen molar-refractivity contribution in [3.63, 3.8) is 0 Å². The Hall–Kier alpha value is -1.08. The van der Waals surface area contributed by atoms with Gasteiger partial charge in [0, 0.05) is 6.04 Å². The number of anilines is 2. The molecule has 1 aromatic rings. The fourth-order valence-electron chi connectivity index (χ4n) is 1.14. The number of nitrogens with zero attached hydrogens (tertiary/aromatic N) is 2. The van der Waals surface area contributed by atoms with Crippen molar-refractivity contribution in [3.05, 3.63) is 12.0 Å². The molecule has 0 aliphatic carbocycles. The molecule has 1 aromatic heterocycles. The fourth-order valence-corrected chi connectivity index (χ4v) is 1.73. The van der Waals surface area contributed by atoms with E-state index in [2.05, 4.69) is 20.7 Å². The van der Waals surface area contributed by atoms with Crippen LogP contribution in [0, 0.1) is 5.82 Å². The van der Waals surface area contributed by atoms with E-state index >= 15 is 0 Å². The van der Waals surface area contributed by atoms with Gasteiger partial charge in [-0.15, -0.1) is 0 Å². The van der Waals surface area contributed by atoms with E-state index in [9.17, 15) is 4.39 Å². The first-order chi connectivity index (χ1) is 7.67. The minimum Gasteiger partial charge on any atom is -0.365 e. The van der Waals surface area contributed by atoms with Crippen molar-refractivity contribution < 1.29 is 4.39 Å². The van der Waals surface area contributed by atoms with Gasteiger partial charge in [0.2, 0.25) is 5.95 Å². The highest BCUT2D eigenvalue weighted by molar-refractivity contribution is 7.98. The summed E-state index contributed by atoms with van der Waals surface area (Å²) in [7, 11) is 0. The molecule has 0 bridgehead atoms. The molecule has 1 atom stereocenters. The number of nitrogens with two attached hydrogens (primary N) is 1. The molecule has 0 spiro atoms. The van der Waals surface area contributed by atoms with E-state index in [1.54, 1.807) is 11.8 Å². The molecule has 1 unspecified atom stereocenters. The smallest absolute Gasteiger partial charge is 0.239 e. The molecule has 0 fully saturated rings. The SMILES string of the molecule is CSCCC(C)Nc1nc(NN)ncc1F. The molecular formula is C9H16FN5S. The van der Waals surface area contributed by atoms with Gasteiger partial charge >= 0.3 is 0 Å². The van der Waals surface area contributed by atoms with Crippen LogP contribution in [0.5, 0.6) is 0 Å². The lowest BCUT2D eigenvalue weighted by Crippen LogP contribution is -2.19. The molecule has 90 valence electrons. The highest BCUT2D eigenvalue weighted by Crippen LogP contribution is 2.14. The number of thioether (sulfide) groups is 1. The van der Waals surface area contributed by atoms with Crippen LogP contribution in [0.25, 0.3) is 0 Å². The maximum atomic E-state index is 13.3. The number of aromatic nitrogens is 2. The van der Waals surface area contributed by atoms with Crippen molar-refractivity contribution in [2.24, 2.45) is 5.84 Å². The van der Waals surface area contributed by atoms with Gasteiger partial charge in [-0.25, -0.2) is 15.2 Å². The molecule has 0 saturated carbocycles. The van der Waals surface area contributed by atoms with Gasteiger partial charge in [-0.2, -0.15) is 16.7 Å². The molecule has 0 amide bonds. The number of hydrazine groups is 1. The van der Waals surface area contributed by atoms with Crippen LogP contribution >= 0.6 is 11.8 Å². The normalized spacial score (nSPS) is 12.2. The van der Waals surface area contributed by atoms with E-state index in [4.69, 9.17) is 5.84 Å². The van der Waals surface area contributed by atoms with Crippen LogP contribution in [0.4, 0.5) is 16.2 Å². The fraction of sp³-hybridized carbons (Fsp3) is 0.556. The quantitative estimate of drug-likeness (QED) is 0.520. The van der Waals surface area contributed by atoms with Crippen LogP contribution in [0.15, 0.2) is 6.20 Å². The summed E-state index contributed by atoms with van der Waals surface area (Å²) in [6.45, 7) is 1.98. The number of nitrogen functional groups attached to an aromatic ring is 1. The monoisotopic (exact) mass is 245 g/mol. The second-order valence-electron chi connectivity index (χ2n) is 3.36. The molecule has 0 radical (unpaired) electrons. The third-order valence-electron chi connectivity index (χ3n) is 2.01. The summed E-state index contributed by atoms with van der Waals surface area (Å²) >= 11 is 1.75. The average Bonchev–Trinajstić information content (AvgIpc) is 2.29. The zero-order chi connectivity index (χ0) is 12.0. The second kappa shape index (κ2) is 6.49. The maximum absolute atomic E-state index is 13.3. The Morgan fingerprint density at radius 3 is 3.00 bits per heavy atom. The number of hydrogen-bond acceptors (Lipinski definition) is 6. The third-order valence-corrected chi connectivity index (χ3v) is 2.66. The largest absolute Gasteiger partial charge is 0.365 e. The van der Waals surface area contributed by atoms with Gasteiger partial charge in [0.05, 0.1) is 6.20 Å². The summed E-state index contributed by atoms with van der Waals surface area (Å²) in [4.78, 5) is 7.56. The van der Waals surface area contributed by atoms with E-state index in [-0.39, 0.29) is 17.8 Å². The summed E-state index contributed by atoms with van der Waals surface area (Å²) in [5.74, 6) is 6.06. The van der Waals surface area contributed by atoms with Gasteiger partial charge in [-0.1, -0.05) is 0 Å². The lowest BCUT2D eigenvalue weighted by atomic mass is 10.2. The summed E-state index contributed by atoms with van der Waals surface area (Å²) in [6, 6.07) is 0.155. The van der Waals surface area contributed by atoms with Crippen molar-refractivity contribution in [1.29, 1.82) is 0 Å². The zero-order valence-electron chi connectivity index (χ0n) is 9.33. The van der Waals surface area contributed by atoms with E-state index in [0.29, 0.717) is 0 Å². The Kier molecular flexibility index (Phi) is 5.27. The van der Waals surface area contributed by atoms with Crippen LogP contribution in [0.3, 0.4) is 0 Å². The summed E-state index contributed by atoms with van der Waals surface area (Å²) < 4.78 is 13.3. The summed E-state index contributed by atoms with van der Waals surface area (Å²) in [6.07, 6.45) is 4.07. The predicted molar refractivity (Wildman–Crippen MR) is 65.9 cm³/mol. The van der Waals surface area contributed by atoms with Crippen LogP contribution in [0.1, 0.15) is 13.3 Å². The van der Waals surface area contributed by atoms with Gasteiger partial charge in [0.25, 0.3) is 0 Å². The molecule has 7 heteroatoms. The lowest BCUT2D eigenvalue weighted by molar-refractivity contribution is 0.611. The van der Waals surface area contributed by atoms with Crippen LogP contribution in [-0.2, 0) is 0 Å². The minimum atomic E-state index is -0.477. The van der Waals surface area contributed by atoms with E-state index < -0.39 is 5.82 Å². The van der Waals surface area contributed by atoms with Gasteiger partial charge < -0.3 is 5.32 Å². The Bertz CT molecular complexity index is 336. The molecule has 0 aliphatic heterocycles. The Morgan fingerprint density at radius 1 is 1.62 bits per heavy atom. The Labute approximate surface area is 98.4 Å². The van der Waals surface area contributed by atoms with E-state index in [0.717, 1.165) is 18.4 Å². The highest BCUT2D eigenvalue weighted by atomic mass is 32.2. The molecule has 0 aliphatic rings. The third kappa shape index (κ3) is 3.82. The van der Waals surface area contributed by atoms with Crippen molar-refractivity contribution in [1.82, 2.24) is 9.97 Å². The van der Waals surface area contributed by atoms with Gasteiger partial charge in [-0.05, 0) is 25.4 Å². The molecule has 16 heavy (non-hydrogen) atoms. The standard InChI is InChI=1S/C9H16FN5S/c1-6(3-4-16-2)13-8-7(10)5-12-9(14-8)15-11/h5-6H,3-4,11H2,1-2H3,(H2,12,13,14,15). The van der Waals surface area contributed by atoms with Gasteiger partial charge in [0.1, 0.15) is 0 Å². The van der Waals surface area contributed by atoms with E-state index in [1.807, 2.05) is 13.2 Å². The topological polar surface area (TPSA) is 75.9 Å². The molecule has 0 aromatic carbocycles. The molecular weight excluding hydrogens is 229 g/mol. The van der Waals surface area contributed by atoms with Crippen molar-refractivity contribution in [3.8, 4) is 0 Å². The van der Waals surface area contributed by atoms with Crippen molar-refractivity contribution in [2.75, 3.05) is 22.8 Å². The Balaban J connectivity index is 2.64. The van der Waals surface area contributed by atoms with E-state index in [1.165, 1.54) is 0 Å². The minimum absolute atomic E-state index is 0.155. The highest BCUT2D eigenvalue weighted by Gasteiger charge is 2.09. The van der Waals surface area contributed by atoms with Crippen LogP contribution in [-0.4, -0.2) is 28.0 Å². The van der Waals surface area contributed by atoms with Gasteiger partial charge in [0.15, 0.2) is 11.6 Å². The van der Waals surface area contributed by atoms with Crippen LogP contribution in [0.2, 0.25) is 0 Å². The predicted octanol–water partition coefficient (Wildman–Crippen LogP) is 1.45. The molecule has 0 saturated heterocycles. The maximum Gasteiger partial charge on any atom is 0.239 e. The molecule has 5 nitrogen and oxygen atoms in total. The first-order valence-corrected chi connectivity index (χ1v) is 6.31. The first-order valence-electron chi connectivity index (χ1n) is 4.92.